The number of ketones is 1. The zero-order valence-electron chi connectivity index (χ0n) is 8.49. The van der Waals surface area contributed by atoms with Crippen molar-refractivity contribution < 1.29 is 14.3 Å². The molecule has 0 radical (unpaired) electrons. The first-order chi connectivity index (χ1) is 6.77. The van der Waals surface area contributed by atoms with E-state index in [2.05, 4.69) is 0 Å². The third-order valence-corrected chi connectivity index (χ3v) is 3.33. The number of hydrogen-bond acceptors (Lipinski definition) is 3. The predicted octanol–water partition coefficient (Wildman–Crippen LogP) is 1.82. The summed E-state index contributed by atoms with van der Waals surface area (Å²) in [5.41, 5.74) is -0.208. The second-order valence-electron chi connectivity index (χ2n) is 4.07. The zero-order chi connectivity index (χ0) is 10.0. The molecule has 0 N–H and O–H groups in total. The molecule has 1 atom stereocenters. The molecule has 2 rings (SSSR count). The topological polar surface area (TPSA) is 35.5 Å². The Morgan fingerprint density at radius 2 is 2.21 bits per heavy atom. The lowest BCUT2D eigenvalue weighted by Crippen LogP contribution is -2.44. The van der Waals surface area contributed by atoms with Crippen LogP contribution in [0.1, 0.15) is 32.1 Å². The van der Waals surface area contributed by atoms with Crippen LogP contribution in [0.5, 0.6) is 0 Å². The molecule has 1 fully saturated rings. The molecule has 1 heterocycles. The molecule has 2 aliphatic rings. The highest BCUT2D eigenvalue weighted by atomic mass is 16.5. The lowest BCUT2D eigenvalue weighted by Gasteiger charge is -2.36. The van der Waals surface area contributed by atoms with E-state index in [1.165, 1.54) is 25.2 Å². The summed E-state index contributed by atoms with van der Waals surface area (Å²) in [7, 11) is 1.72. The maximum Gasteiger partial charge on any atom is 0.162 e. The molecule has 3 heteroatoms. The first kappa shape index (κ1) is 9.71. The van der Waals surface area contributed by atoms with Gasteiger partial charge in [-0.15, -0.1) is 0 Å². The molecule has 0 aromatic carbocycles. The van der Waals surface area contributed by atoms with Crippen molar-refractivity contribution >= 4 is 5.78 Å². The first-order valence-corrected chi connectivity index (χ1v) is 5.17. The molecular formula is C11H16O3. The number of carbonyl (C=O) groups is 1. The van der Waals surface area contributed by atoms with Gasteiger partial charge in [0.2, 0.25) is 0 Å². The Morgan fingerprint density at radius 1 is 1.50 bits per heavy atom. The Bertz CT molecular complexity index is 251. The number of hydrogen-bond donors (Lipinski definition) is 0. The van der Waals surface area contributed by atoms with E-state index >= 15 is 0 Å². The summed E-state index contributed by atoms with van der Waals surface area (Å²) in [6.07, 6.45) is 7.75. The second kappa shape index (κ2) is 3.73. The van der Waals surface area contributed by atoms with Gasteiger partial charge in [0.05, 0.1) is 12.7 Å². The summed E-state index contributed by atoms with van der Waals surface area (Å²) in [6.45, 7) is 0. The smallest absolute Gasteiger partial charge is 0.162 e. The Hall–Kier alpha value is -0.830. The van der Waals surface area contributed by atoms with Gasteiger partial charge in [0.1, 0.15) is 11.7 Å². The molecule has 0 spiro atoms. The van der Waals surface area contributed by atoms with Crippen molar-refractivity contribution in [3.05, 3.63) is 12.3 Å². The third-order valence-electron chi connectivity index (χ3n) is 3.33. The van der Waals surface area contributed by atoms with Crippen molar-refractivity contribution in [2.24, 2.45) is 0 Å². The summed E-state index contributed by atoms with van der Waals surface area (Å²) < 4.78 is 11.1. The van der Waals surface area contributed by atoms with Crippen molar-refractivity contribution in [1.29, 1.82) is 0 Å². The van der Waals surface area contributed by atoms with Gasteiger partial charge in [0.25, 0.3) is 0 Å². The highest BCUT2D eigenvalue weighted by molar-refractivity contribution is 5.90. The zero-order valence-corrected chi connectivity index (χ0v) is 8.49. The summed E-state index contributed by atoms with van der Waals surface area (Å²) in [4.78, 5) is 11.3. The second-order valence-corrected chi connectivity index (χ2v) is 4.07. The van der Waals surface area contributed by atoms with Crippen LogP contribution < -0.4 is 0 Å². The van der Waals surface area contributed by atoms with Gasteiger partial charge in [-0.25, -0.2) is 0 Å². The van der Waals surface area contributed by atoms with Crippen molar-refractivity contribution in [1.82, 2.24) is 0 Å². The van der Waals surface area contributed by atoms with E-state index < -0.39 is 0 Å². The fraction of sp³-hybridized carbons (Fsp3) is 0.727. The van der Waals surface area contributed by atoms with Crippen LogP contribution in [0.25, 0.3) is 0 Å². The molecule has 0 saturated heterocycles. The molecule has 1 aliphatic heterocycles. The van der Waals surface area contributed by atoms with E-state index in [1.54, 1.807) is 7.11 Å². The van der Waals surface area contributed by atoms with Gasteiger partial charge in [0.15, 0.2) is 5.78 Å². The number of carbonyl (C=O) groups excluding carboxylic acids is 1. The maximum atomic E-state index is 11.3. The van der Waals surface area contributed by atoms with E-state index in [4.69, 9.17) is 9.47 Å². The van der Waals surface area contributed by atoms with E-state index in [9.17, 15) is 4.79 Å². The van der Waals surface area contributed by atoms with Crippen LogP contribution in [-0.4, -0.2) is 24.6 Å². The quantitative estimate of drug-likeness (QED) is 0.675. The number of rotatable bonds is 2. The Balaban J connectivity index is 2.12. The molecule has 0 bridgehead atoms. The fourth-order valence-corrected chi connectivity index (χ4v) is 2.45. The Kier molecular flexibility index (Phi) is 2.59. The normalized spacial score (nSPS) is 30.4. The molecule has 0 amide bonds. The van der Waals surface area contributed by atoms with E-state index in [0.29, 0.717) is 6.42 Å². The summed E-state index contributed by atoms with van der Waals surface area (Å²) in [5, 5.41) is 0. The van der Waals surface area contributed by atoms with Gasteiger partial charge >= 0.3 is 0 Å². The standard InChI is InChI=1S/C11H16O3/c1-13-11(5-2-3-6-11)10-8-9(12)4-7-14-10/h4,7,10H,2-3,5-6,8H2,1H3. The van der Waals surface area contributed by atoms with Crippen molar-refractivity contribution in [2.75, 3.05) is 7.11 Å². The Labute approximate surface area is 84.1 Å². The highest BCUT2D eigenvalue weighted by Gasteiger charge is 2.44. The number of allylic oxidation sites excluding steroid dienone is 1. The molecule has 1 unspecified atom stereocenters. The molecular weight excluding hydrogens is 180 g/mol. The van der Waals surface area contributed by atoms with Crippen LogP contribution in [0.4, 0.5) is 0 Å². The monoisotopic (exact) mass is 196 g/mol. The molecule has 1 saturated carbocycles. The lowest BCUT2D eigenvalue weighted by atomic mass is 9.90. The highest BCUT2D eigenvalue weighted by Crippen LogP contribution is 2.39. The maximum absolute atomic E-state index is 11.3. The van der Waals surface area contributed by atoms with Crippen LogP contribution in [0.3, 0.4) is 0 Å². The third kappa shape index (κ3) is 1.57. The van der Waals surface area contributed by atoms with Gasteiger partial charge < -0.3 is 9.47 Å². The molecule has 14 heavy (non-hydrogen) atoms. The molecule has 3 nitrogen and oxygen atoms in total. The number of methoxy groups -OCH3 is 1. The largest absolute Gasteiger partial charge is 0.494 e. The summed E-state index contributed by atoms with van der Waals surface area (Å²) >= 11 is 0. The Morgan fingerprint density at radius 3 is 2.79 bits per heavy atom. The van der Waals surface area contributed by atoms with E-state index in [-0.39, 0.29) is 17.5 Å². The van der Waals surface area contributed by atoms with Gasteiger partial charge in [-0.2, -0.15) is 0 Å². The van der Waals surface area contributed by atoms with Gasteiger partial charge in [-0.05, 0) is 12.8 Å². The minimum atomic E-state index is -0.208. The van der Waals surface area contributed by atoms with Crippen LogP contribution >= 0.6 is 0 Å². The number of ether oxygens (including phenoxy) is 2. The average molecular weight is 196 g/mol. The SMILES string of the molecule is COC1(C2CC(=O)C=CO2)CCCC1. The van der Waals surface area contributed by atoms with Gasteiger partial charge in [0, 0.05) is 13.2 Å². The van der Waals surface area contributed by atoms with Gasteiger partial charge in [-0.1, -0.05) is 12.8 Å². The molecule has 78 valence electrons. The van der Waals surface area contributed by atoms with Crippen LogP contribution in [-0.2, 0) is 14.3 Å². The van der Waals surface area contributed by atoms with E-state index in [0.717, 1.165) is 12.8 Å². The van der Waals surface area contributed by atoms with Crippen LogP contribution in [0.2, 0.25) is 0 Å². The summed E-state index contributed by atoms with van der Waals surface area (Å²) in [5.74, 6) is 0.143. The molecule has 0 aromatic rings. The van der Waals surface area contributed by atoms with Crippen molar-refractivity contribution in [2.45, 2.75) is 43.8 Å². The van der Waals surface area contributed by atoms with E-state index in [1.807, 2.05) is 0 Å². The lowest BCUT2D eigenvalue weighted by molar-refractivity contribution is -0.133. The predicted molar refractivity (Wildman–Crippen MR) is 51.8 cm³/mol. The fourth-order valence-electron chi connectivity index (χ4n) is 2.45. The minimum Gasteiger partial charge on any atom is -0.494 e. The van der Waals surface area contributed by atoms with Crippen molar-refractivity contribution in [3.63, 3.8) is 0 Å². The van der Waals surface area contributed by atoms with Crippen molar-refractivity contribution in [3.8, 4) is 0 Å². The van der Waals surface area contributed by atoms with Crippen LogP contribution in [0, 0.1) is 0 Å². The molecule has 0 aromatic heterocycles. The van der Waals surface area contributed by atoms with Crippen LogP contribution in [0.15, 0.2) is 12.3 Å². The molecule has 1 aliphatic carbocycles. The average Bonchev–Trinajstić information content (AvgIpc) is 2.67. The first-order valence-electron chi connectivity index (χ1n) is 5.17. The summed E-state index contributed by atoms with van der Waals surface area (Å²) in [6, 6.07) is 0. The van der Waals surface area contributed by atoms with Gasteiger partial charge in [-0.3, -0.25) is 4.79 Å². The minimum absolute atomic E-state index is 0.0764.